The van der Waals surface area contributed by atoms with Crippen molar-refractivity contribution in [1.82, 2.24) is 9.84 Å². The summed E-state index contributed by atoms with van der Waals surface area (Å²) in [5, 5.41) is 14.8. The summed E-state index contributed by atoms with van der Waals surface area (Å²) in [4.78, 5) is 11.9. The van der Waals surface area contributed by atoms with Crippen molar-refractivity contribution in [2.45, 2.75) is 4.90 Å². The molecule has 0 aliphatic heterocycles. The first-order valence-electron chi connectivity index (χ1n) is 4.94. The fourth-order valence-corrected chi connectivity index (χ4v) is 2.57. The maximum atomic E-state index is 11.9. The number of nitrogens with one attached hydrogen (secondary N) is 2. The molecule has 0 atom stereocenters. The van der Waals surface area contributed by atoms with E-state index in [0.717, 1.165) is 0 Å². The first-order valence-corrected chi connectivity index (χ1v) is 6.42. The van der Waals surface area contributed by atoms with Gasteiger partial charge in [0.25, 0.3) is 15.7 Å². The van der Waals surface area contributed by atoms with E-state index in [1.54, 1.807) is 7.05 Å². The lowest BCUT2D eigenvalue weighted by molar-refractivity contribution is -0.387. The van der Waals surface area contributed by atoms with Crippen LogP contribution < -0.4 is 10.1 Å². The number of nitro groups is 1. The molecule has 0 radical (unpaired) electrons. The standard InChI is InChI=1S/C9H14N4O4S/c1-10-7-4-5-9(8(6-7)13(14)15)18(16,17)11-12(2)3/h4-6,10-11H,1-3H3. The summed E-state index contributed by atoms with van der Waals surface area (Å²) in [6.07, 6.45) is 0. The van der Waals surface area contributed by atoms with Gasteiger partial charge in [-0.3, -0.25) is 10.1 Å². The van der Waals surface area contributed by atoms with Crippen LogP contribution in [-0.4, -0.2) is 39.5 Å². The molecule has 0 bridgehead atoms. The lowest BCUT2D eigenvalue weighted by Crippen LogP contribution is -2.36. The van der Waals surface area contributed by atoms with Crippen LogP contribution in [0, 0.1) is 10.1 Å². The third-order valence-corrected chi connectivity index (χ3v) is 3.57. The lowest BCUT2D eigenvalue weighted by Gasteiger charge is -2.13. The summed E-state index contributed by atoms with van der Waals surface area (Å²) in [6.45, 7) is 0. The molecule has 0 fully saturated rings. The van der Waals surface area contributed by atoms with E-state index in [9.17, 15) is 18.5 Å². The second kappa shape index (κ2) is 5.29. The molecule has 9 heteroatoms. The largest absolute Gasteiger partial charge is 0.388 e. The zero-order valence-electron chi connectivity index (χ0n) is 10.2. The van der Waals surface area contributed by atoms with Crippen LogP contribution in [0.5, 0.6) is 0 Å². The highest BCUT2D eigenvalue weighted by Crippen LogP contribution is 2.26. The Morgan fingerprint density at radius 3 is 2.39 bits per heavy atom. The normalized spacial score (nSPS) is 11.6. The second-order valence-electron chi connectivity index (χ2n) is 3.68. The minimum absolute atomic E-state index is 0.375. The fraction of sp³-hybridized carbons (Fsp3) is 0.333. The smallest absolute Gasteiger partial charge is 0.291 e. The highest BCUT2D eigenvalue weighted by atomic mass is 32.2. The molecule has 0 aliphatic carbocycles. The van der Waals surface area contributed by atoms with Crippen LogP contribution in [0.2, 0.25) is 0 Å². The number of sulfonamides is 1. The zero-order chi connectivity index (χ0) is 13.9. The number of hydrogen-bond donors (Lipinski definition) is 2. The van der Waals surface area contributed by atoms with E-state index in [1.165, 1.54) is 37.3 Å². The van der Waals surface area contributed by atoms with Gasteiger partial charge >= 0.3 is 0 Å². The number of benzene rings is 1. The maximum absolute atomic E-state index is 11.9. The Balaban J connectivity index is 3.36. The van der Waals surface area contributed by atoms with E-state index in [0.29, 0.717) is 5.69 Å². The van der Waals surface area contributed by atoms with Crippen molar-refractivity contribution in [3.8, 4) is 0 Å². The Kier molecular flexibility index (Phi) is 4.22. The van der Waals surface area contributed by atoms with Gasteiger partial charge in [0.15, 0.2) is 4.90 Å². The minimum Gasteiger partial charge on any atom is -0.388 e. The maximum Gasteiger partial charge on any atom is 0.291 e. The zero-order valence-corrected chi connectivity index (χ0v) is 11.0. The van der Waals surface area contributed by atoms with Crippen LogP contribution in [-0.2, 0) is 10.0 Å². The van der Waals surface area contributed by atoms with Gasteiger partial charge in [0.05, 0.1) is 4.92 Å². The molecule has 2 N–H and O–H groups in total. The number of hydrogen-bond acceptors (Lipinski definition) is 6. The third-order valence-electron chi connectivity index (χ3n) is 2.04. The van der Waals surface area contributed by atoms with Crippen molar-refractivity contribution >= 4 is 21.4 Å². The Morgan fingerprint density at radius 1 is 1.33 bits per heavy atom. The quantitative estimate of drug-likeness (QED) is 0.594. The monoisotopic (exact) mass is 274 g/mol. The molecule has 0 heterocycles. The van der Waals surface area contributed by atoms with Crippen LogP contribution in [0.3, 0.4) is 0 Å². The fourth-order valence-electron chi connectivity index (χ4n) is 1.33. The van der Waals surface area contributed by atoms with Gasteiger partial charge in [0, 0.05) is 32.9 Å². The molecule has 0 unspecified atom stereocenters. The van der Waals surface area contributed by atoms with E-state index in [4.69, 9.17) is 0 Å². The number of rotatable bonds is 5. The van der Waals surface area contributed by atoms with Gasteiger partial charge < -0.3 is 5.32 Å². The molecule has 0 saturated heterocycles. The van der Waals surface area contributed by atoms with E-state index in [-0.39, 0.29) is 4.90 Å². The Labute approximate surface area is 105 Å². The first-order chi connectivity index (χ1) is 8.27. The van der Waals surface area contributed by atoms with Crippen LogP contribution in [0.1, 0.15) is 0 Å². The minimum atomic E-state index is -3.95. The average Bonchev–Trinajstić information content (AvgIpc) is 2.26. The van der Waals surface area contributed by atoms with Crippen molar-refractivity contribution in [2.75, 3.05) is 26.5 Å². The molecule has 1 aromatic carbocycles. The van der Waals surface area contributed by atoms with Crippen LogP contribution in [0.15, 0.2) is 23.1 Å². The summed E-state index contributed by atoms with van der Waals surface area (Å²) < 4.78 is 23.8. The molecular weight excluding hydrogens is 260 g/mol. The summed E-state index contributed by atoms with van der Waals surface area (Å²) in [5.41, 5.74) is -0.0123. The number of hydrazine groups is 1. The van der Waals surface area contributed by atoms with Gasteiger partial charge in [-0.25, -0.2) is 13.4 Å². The molecular formula is C9H14N4O4S. The van der Waals surface area contributed by atoms with Crippen molar-refractivity contribution in [3.05, 3.63) is 28.3 Å². The SMILES string of the molecule is CNc1ccc(S(=O)(=O)NN(C)C)c([N+](=O)[O-])c1. The van der Waals surface area contributed by atoms with Crippen molar-refractivity contribution in [2.24, 2.45) is 0 Å². The molecule has 1 aromatic rings. The predicted octanol–water partition coefficient (Wildman–Crippen LogP) is 0.391. The number of anilines is 1. The van der Waals surface area contributed by atoms with Gasteiger partial charge in [-0.05, 0) is 12.1 Å². The molecule has 8 nitrogen and oxygen atoms in total. The summed E-state index contributed by atoms with van der Waals surface area (Å²) in [7, 11) is 0.590. The van der Waals surface area contributed by atoms with Gasteiger partial charge in [-0.1, -0.05) is 0 Å². The average molecular weight is 274 g/mol. The van der Waals surface area contributed by atoms with E-state index in [1.807, 2.05) is 0 Å². The number of nitrogens with zero attached hydrogens (tertiary/aromatic N) is 2. The highest BCUT2D eigenvalue weighted by Gasteiger charge is 2.26. The van der Waals surface area contributed by atoms with Crippen LogP contribution >= 0.6 is 0 Å². The van der Waals surface area contributed by atoms with E-state index >= 15 is 0 Å². The first kappa shape index (κ1) is 14.4. The molecule has 18 heavy (non-hydrogen) atoms. The summed E-state index contributed by atoms with van der Waals surface area (Å²) in [6, 6.07) is 3.82. The second-order valence-corrected chi connectivity index (χ2v) is 5.31. The lowest BCUT2D eigenvalue weighted by atomic mass is 10.3. The molecule has 0 amide bonds. The molecule has 0 spiro atoms. The molecule has 0 aliphatic rings. The predicted molar refractivity (Wildman–Crippen MR) is 66.7 cm³/mol. The van der Waals surface area contributed by atoms with Crippen LogP contribution in [0.25, 0.3) is 0 Å². The van der Waals surface area contributed by atoms with E-state index in [2.05, 4.69) is 10.1 Å². The van der Waals surface area contributed by atoms with Crippen molar-refractivity contribution in [3.63, 3.8) is 0 Å². The van der Waals surface area contributed by atoms with Gasteiger partial charge in [0.2, 0.25) is 0 Å². The van der Waals surface area contributed by atoms with Gasteiger partial charge in [0.1, 0.15) is 0 Å². The van der Waals surface area contributed by atoms with Crippen molar-refractivity contribution in [1.29, 1.82) is 0 Å². The summed E-state index contributed by atoms with van der Waals surface area (Å²) >= 11 is 0. The molecule has 0 aromatic heterocycles. The Bertz CT molecular complexity index is 556. The Hall–Kier alpha value is -1.71. The number of nitro benzene ring substituents is 1. The summed E-state index contributed by atoms with van der Waals surface area (Å²) in [5.74, 6) is 0. The van der Waals surface area contributed by atoms with Crippen LogP contribution in [0.4, 0.5) is 11.4 Å². The highest BCUT2D eigenvalue weighted by molar-refractivity contribution is 7.89. The third kappa shape index (κ3) is 3.15. The molecule has 0 saturated carbocycles. The van der Waals surface area contributed by atoms with Gasteiger partial charge in [-0.2, -0.15) is 0 Å². The molecule has 1 rings (SSSR count). The van der Waals surface area contributed by atoms with Crippen molar-refractivity contribution < 1.29 is 13.3 Å². The Morgan fingerprint density at radius 2 is 1.94 bits per heavy atom. The van der Waals surface area contributed by atoms with Gasteiger partial charge in [-0.15, -0.1) is 4.83 Å². The van der Waals surface area contributed by atoms with E-state index < -0.39 is 20.6 Å². The molecule has 100 valence electrons. The topological polar surface area (TPSA) is 105 Å².